The number of ether oxygens (including phenoxy) is 2. The van der Waals surface area contributed by atoms with Gasteiger partial charge in [-0.3, -0.25) is 10.1 Å². The second-order valence-electron chi connectivity index (χ2n) is 4.56. The van der Waals surface area contributed by atoms with Crippen LogP contribution in [0.1, 0.15) is 15.9 Å². The predicted octanol–water partition coefficient (Wildman–Crippen LogP) is 3.47. The van der Waals surface area contributed by atoms with Crippen LogP contribution in [0.15, 0.2) is 54.6 Å². The number of carbonyl (C=O) groups is 1. The highest BCUT2D eigenvalue weighted by Crippen LogP contribution is 2.27. The Bertz CT molecular complexity index is 725. The van der Waals surface area contributed by atoms with E-state index in [1.807, 2.05) is 36.4 Å². The van der Waals surface area contributed by atoms with Gasteiger partial charge >= 0.3 is 11.7 Å². The number of nitro benzene ring substituents is 1. The third-order valence-corrected chi connectivity index (χ3v) is 3.03. The molecule has 118 valence electrons. The fraction of sp³-hybridized carbons (Fsp3) is 0.118. The second kappa shape index (κ2) is 7.74. The van der Waals surface area contributed by atoms with Crippen molar-refractivity contribution in [3.05, 3.63) is 75.8 Å². The van der Waals surface area contributed by atoms with Crippen LogP contribution in [0.25, 0.3) is 6.08 Å². The maximum absolute atomic E-state index is 11.9. The van der Waals surface area contributed by atoms with Gasteiger partial charge in [0.15, 0.2) is 5.75 Å². The number of benzene rings is 2. The Morgan fingerprint density at radius 3 is 2.61 bits per heavy atom. The summed E-state index contributed by atoms with van der Waals surface area (Å²) in [4.78, 5) is 22.2. The molecule has 0 aromatic heterocycles. The number of nitrogens with zero attached hydrogens (tertiary/aromatic N) is 1. The number of methoxy groups -OCH3 is 1. The van der Waals surface area contributed by atoms with Gasteiger partial charge in [0.25, 0.3) is 0 Å². The first kappa shape index (κ1) is 16.2. The summed E-state index contributed by atoms with van der Waals surface area (Å²) in [5, 5.41) is 10.9. The smallest absolute Gasteiger partial charge is 0.338 e. The van der Waals surface area contributed by atoms with Crippen molar-refractivity contribution in [1.82, 2.24) is 0 Å². The third kappa shape index (κ3) is 4.41. The first-order chi connectivity index (χ1) is 11.1. The number of rotatable bonds is 6. The molecule has 6 heteroatoms. The summed E-state index contributed by atoms with van der Waals surface area (Å²) in [5.74, 6) is -0.538. The van der Waals surface area contributed by atoms with Crippen LogP contribution in [0.5, 0.6) is 5.75 Å². The Morgan fingerprint density at radius 2 is 1.96 bits per heavy atom. The van der Waals surface area contributed by atoms with Crippen molar-refractivity contribution in [3.63, 3.8) is 0 Å². The summed E-state index contributed by atoms with van der Waals surface area (Å²) in [5.41, 5.74) is 0.816. The van der Waals surface area contributed by atoms with Crippen LogP contribution in [0.4, 0.5) is 5.69 Å². The Morgan fingerprint density at radius 1 is 1.22 bits per heavy atom. The number of hydrogen-bond acceptors (Lipinski definition) is 5. The van der Waals surface area contributed by atoms with E-state index in [9.17, 15) is 14.9 Å². The zero-order chi connectivity index (χ0) is 16.7. The highest BCUT2D eigenvalue weighted by Gasteiger charge is 2.18. The largest absolute Gasteiger partial charge is 0.490 e. The van der Waals surface area contributed by atoms with Gasteiger partial charge in [0.1, 0.15) is 6.61 Å². The van der Waals surface area contributed by atoms with Gasteiger partial charge in [-0.2, -0.15) is 0 Å². The molecule has 0 atom stereocenters. The normalized spacial score (nSPS) is 10.5. The average Bonchev–Trinajstić information content (AvgIpc) is 2.58. The van der Waals surface area contributed by atoms with Crippen LogP contribution in [0, 0.1) is 10.1 Å². The molecule has 0 aliphatic heterocycles. The van der Waals surface area contributed by atoms with Crippen LogP contribution in [-0.2, 0) is 4.74 Å². The molecule has 0 bridgehead atoms. The van der Waals surface area contributed by atoms with E-state index in [2.05, 4.69) is 0 Å². The predicted molar refractivity (Wildman–Crippen MR) is 85.4 cm³/mol. The quantitative estimate of drug-likeness (QED) is 0.463. The lowest BCUT2D eigenvalue weighted by atomic mass is 10.2. The molecule has 2 aromatic carbocycles. The van der Waals surface area contributed by atoms with E-state index >= 15 is 0 Å². The fourth-order valence-electron chi connectivity index (χ4n) is 1.92. The summed E-state index contributed by atoms with van der Waals surface area (Å²) in [7, 11) is 1.33. The molecule has 0 saturated carbocycles. The van der Waals surface area contributed by atoms with Gasteiger partial charge < -0.3 is 9.47 Å². The van der Waals surface area contributed by atoms with Gasteiger partial charge in [-0.15, -0.1) is 0 Å². The molecule has 0 fully saturated rings. The molecule has 23 heavy (non-hydrogen) atoms. The van der Waals surface area contributed by atoms with Crippen molar-refractivity contribution in [3.8, 4) is 5.75 Å². The zero-order valence-electron chi connectivity index (χ0n) is 12.5. The van der Waals surface area contributed by atoms with Gasteiger partial charge in [0, 0.05) is 6.07 Å². The molecule has 0 radical (unpaired) electrons. The van der Waals surface area contributed by atoms with E-state index in [0.29, 0.717) is 0 Å². The van der Waals surface area contributed by atoms with Gasteiger partial charge in [0.05, 0.1) is 17.6 Å². The van der Waals surface area contributed by atoms with E-state index in [4.69, 9.17) is 9.47 Å². The summed E-state index contributed by atoms with van der Waals surface area (Å²) >= 11 is 0. The van der Waals surface area contributed by atoms with Gasteiger partial charge in [-0.1, -0.05) is 36.4 Å². The van der Waals surface area contributed by atoms with Crippen molar-refractivity contribution >= 4 is 17.7 Å². The van der Waals surface area contributed by atoms with Crippen molar-refractivity contribution in [2.45, 2.75) is 0 Å². The monoisotopic (exact) mass is 313 g/mol. The standard InChI is InChI=1S/C17H15NO5/c1-22-16-10-9-14(12-15(16)18(20)21)17(19)23-11-5-8-13-6-3-2-4-7-13/h2-10,12H,11H2,1H3/b8-5+. The molecule has 0 aliphatic carbocycles. The molecule has 6 nitrogen and oxygen atoms in total. The van der Waals surface area contributed by atoms with Crippen molar-refractivity contribution in [2.24, 2.45) is 0 Å². The minimum Gasteiger partial charge on any atom is -0.490 e. The molecule has 2 rings (SSSR count). The summed E-state index contributed by atoms with van der Waals surface area (Å²) in [6, 6.07) is 13.5. The Balaban J connectivity index is 1.99. The molecule has 0 unspecified atom stereocenters. The molecule has 0 spiro atoms. The van der Waals surface area contributed by atoms with Crippen LogP contribution in [0.3, 0.4) is 0 Å². The lowest BCUT2D eigenvalue weighted by molar-refractivity contribution is -0.385. The highest BCUT2D eigenvalue weighted by atomic mass is 16.6. The third-order valence-electron chi connectivity index (χ3n) is 3.03. The van der Waals surface area contributed by atoms with E-state index in [0.717, 1.165) is 11.6 Å². The number of esters is 1. The van der Waals surface area contributed by atoms with E-state index < -0.39 is 10.9 Å². The van der Waals surface area contributed by atoms with Crippen molar-refractivity contribution in [2.75, 3.05) is 13.7 Å². The lowest BCUT2D eigenvalue weighted by Gasteiger charge is -2.05. The number of nitro groups is 1. The maximum Gasteiger partial charge on any atom is 0.338 e. The number of carbonyl (C=O) groups excluding carboxylic acids is 1. The first-order valence-electron chi connectivity index (χ1n) is 6.83. The van der Waals surface area contributed by atoms with Gasteiger partial charge in [-0.25, -0.2) is 4.79 Å². The molecule has 0 amide bonds. The molecule has 0 aliphatic rings. The maximum atomic E-state index is 11.9. The zero-order valence-corrected chi connectivity index (χ0v) is 12.5. The van der Waals surface area contributed by atoms with Crippen LogP contribution in [0.2, 0.25) is 0 Å². The molecular weight excluding hydrogens is 298 g/mol. The summed E-state index contributed by atoms with van der Waals surface area (Å²) < 4.78 is 9.95. The van der Waals surface area contributed by atoms with Crippen LogP contribution < -0.4 is 4.74 Å². The number of hydrogen-bond donors (Lipinski definition) is 0. The minimum absolute atomic E-state index is 0.0769. The first-order valence-corrected chi connectivity index (χ1v) is 6.83. The van der Waals surface area contributed by atoms with Gasteiger partial charge in [-0.05, 0) is 23.8 Å². The molecule has 0 saturated heterocycles. The Labute approximate surface area is 133 Å². The average molecular weight is 313 g/mol. The molecule has 2 aromatic rings. The van der Waals surface area contributed by atoms with Crippen molar-refractivity contribution in [1.29, 1.82) is 0 Å². The van der Waals surface area contributed by atoms with E-state index in [1.165, 1.54) is 19.2 Å². The molecule has 0 heterocycles. The molecule has 0 N–H and O–H groups in total. The van der Waals surface area contributed by atoms with Crippen molar-refractivity contribution < 1.29 is 19.2 Å². The summed E-state index contributed by atoms with van der Waals surface area (Å²) in [6.45, 7) is 0.0769. The minimum atomic E-state index is -0.631. The van der Waals surface area contributed by atoms with E-state index in [-0.39, 0.29) is 23.6 Å². The molecular formula is C17H15NO5. The topological polar surface area (TPSA) is 78.7 Å². The Kier molecular flexibility index (Phi) is 5.46. The summed E-state index contributed by atoms with van der Waals surface area (Å²) in [6.07, 6.45) is 3.52. The van der Waals surface area contributed by atoms with E-state index in [1.54, 1.807) is 6.08 Å². The SMILES string of the molecule is COc1ccc(C(=O)OC/C=C/c2ccccc2)cc1[N+](=O)[O-]. The van der Waals surface area contributed by atoms with Crippen LogP contribution in [-0.4, -0.2) is 24.6 Å². The Hall–Kier alpha value is -3.15. The van der Waals surface area contributed by atoms with Gasteiger partial charge in [0.2, 0.25) is 0 Å². The lowest BCUT2D eigenvalue weighted by Crippen LogP contribution is -2.06. The van der Waals surface area contributed by atoms with Crippen LogP contribution >= 0.6 is 0 Å². The second-order valence-corrected chi connectivity index (χ2v) is 4.56. The highest BCUT2D eigenvalue weighted by molar-refractivity contribution is 5.90. The fourth-order valence-corrected chi connectivity index (χ4v) is 1.92.